The minimum atomic E-state index is -1.01. The third kappa shape index (κ3) is 3.63. The number of carboxylic acids is 1. The fourth-order valence-corrected chi connectivity index (χ4v) is 2.22. The molecule has 110 valence electrons. The van der Waals surface area contributed by atoms with Crippen molar-refractivity contribution in [2.45, 2.75) is 19.8 Å². The van der Waals surface area contributed by atoms with Gasteiger partial charge >= 0.3 is 5.97 Å². The summed E-state index contributed by atoms with van der Waals surface area (Å²) in [5.41, 5.74) is 0.142. The van der Waals surface area contributed by atoms with Crippen LogP contribution in [-0.4, -0.2) is 37.5 Å². The van der Waals surface area contributed by atoms with Crippen molar-refractivity contribution in [2.75, 3.05) is 26.4 Å². The molecule has 1 aromatic rings. The van der Waals surface area contributed by atoms with Gasteiger partial charge in [-0.3, -0.25) is 0 Å². The molecule has 5 heteroatoms. The van der Waals surface area contributed by atoms with Crippen molar-refractivity contribution in [3.05, 3.63) is 23.8 Å². The van der Waals surface area contributed by atoms with E-state index in [0.29, 0.717) is 30.6 Å². The van der Waals surface area contributed by atoms with Gasteiger partial charge in [0.1, 0.15) is 5.56 Å². The average Bonchev–Trinajstić information content (AvgIpc) is 2.47. The minimum absolute atomic E-state index is 0.142. The summed E-state index contributed by atoms with van der Waals surface area (Å²) in [7, 11) is 0. The third-order valence-corrected chi connectivity index (χ3v) is 3.31. The Morgan fingerprint density at radius 3 is 2.75 bits per heavy atom. The largest absolute Gasteiger partial charge is 0.490 e. The van der Waals surface area contributed by atoms with Crippen molar-refractivity contribution < 1.29 is 24.1 Å². The van der Waals surface area contributed by atoms with Gasteiger partial charge in [-0.2, -0.15) is 0 Å². The third-order valence-electron chi connectivity index (χ3n) is 3.31. The predicted molar refractivity (Wildman–Crippen MR) is 73.6 cm³/mol. The van der Waals surface area contributed by atoms with Gasteiger partial charge in [0.2, 0.25) is 0 Å². The molecular formula is C15H20O5. The summed E-state index contributed by atoms with van der Waals surface area (Å²) in [6, 6.07) is 4.93. The molecule has 0 unspecified atom stereocenters. The molecule has 20 heavy (non-hydrogen) atoms. The maximum absolute atomic E-state index is 11.3. The fourth-order valence-electron chi connectivity index (χ4n) is 2.22. The van der Waals surface area contributed by atoms with Crippen LogP contribution in [0.2, 0.25) is 0 Å². The quantitative estimate of drug-likeness (QED) is 0.867. The Balaban J connectivity index is 2.12. The van der Waals surface area contributed by atoms with Gasteiger partial charge in [-0.05, 0) is 37.8 Å². The zero-order valence-electron chi connectivity index (χ0n) is 11.6. The highest BCUT2D eigenvalue weighted by molar-refractivity contribution is 5.92. The molecule has 2 rings (SSSR count). The highest BCUT2D eigenvalue weighted by Gasteiger charge is 2.20. The van der Waals surface area contributed by atoms with Gasteiger partial charge < -0.3 is 19.3 Å². The van der Waals surface area contributed by atoms with Crippen LogP contribution in [0.1, 0.15) is 30.1 Å². The van der Waals surface area contributed by atoms with Crippen LogP contribution >= 0.6 is 0 Å². The SMILES string of the molecule is CCOc1cccc(C(=O)O)c1OCC1CCOCC1. The first kappa shape index (κ1) is 14.7. The molecule has 0 atom stereocenters. The van der Waals surface area contributed by atoms with Crippen LogP contribution in [-0.2, 0) is 4.74 Å². The second kappa shape index (κ2) is 7.14. The Kier molecular flexibility index (Phi) is 5.24. The molecule has 1 aliphatic rings. The van der Waals surface area contributed by atoms with Gasteiger partial charge in [0.25, 0.3) is 0 Å². The fraction of sp³-hybridized carbons (Fsp3) is 0.533. The smallest absolute Gasteiger partial charge is 0.339 e. The van der Waals surface area contributed by atoms with Crippen molar-refractivity contribution in [1.29, 1.82) is 0 Å². The number of rotatable bonds is 6. The van der Waals surface area contributed by atoms with E-state index >= 15 is 0 Å². The molecule has 1 aliphatic heterocycles. The van der Waals surface area contributed by atoms with Crippen molar-refractivity contribution >= 4 is 5.97 Å². The number of carboxylic acid groups (broad SMARTS) is 1. The topological polar surface area (TPSA) is 65.0 Å². The maximum atomic E-state index is 11.3. The lowest BCUT2D eigenvalue weighted by molar-refractivity contribution is 0.0484. The first-order valence-electron chi connectivity index (χ1n) is 6.92. The second-order valence-electron chi connectivity index (χ2n) is 4.74. The van der Waals surface area contributed by atoms with E-state index in [4.69, 9.17) is 14.2 Å². The summed E-state index contributed by atoms with van der Waals surface area (Å²) in [6.45, 7) is 4.31. The molecule has 1 saturated heterocycles. The van der Waals surface area contributed by atoms with Crippen LogP contribution in [0.4, 0.5) is 0 Å². The molecule has 0 aliphatic carbocycles. The number of para-hydroxylation sites is 1. The van der Waals surface area contributed by atoms with Crippen LogP contribution in [0, 0.1) is 5.92 Å². The zero-order chi connectivity index (χ0) is 14.4. The molecule has 0 spiro atoms. The van der Waals surface area contributed by atoms with E-state index < -0.39 is 5.97 Å². The first-order valence-corrected chi connectivity index (χ1v) is 6.92. The standard InChI is InChI=1S/C15H20O5/c1-2-19-13-5-3-4-12(15(16)17)14(13)20-10-11-6-8-18-9-7-11/h3-5,11H,2,6-10H2,1H3,(H,16,17). The Morgan fingerprint density at radius 2 is 2.10 bits per heavy atom. The molecule has 0 saturated carbocycles. The number of hydrogen-bond donors (Lipinski definition) is 1. The molecule has 1 aromatic carbocycles. The lowest BCUT2D eigenvalue weighted by Crippen LogP contribution is -2.22. The Morgan fingerprint density at radius 1 is 1.35 bits per heavy atom. The van der Waals surface area contributed by atoms with E-state index in [1.54, 1.807) is 12.1 Å². The first-order chi connectivity index (χ1) is 9.72. The van der Waals surface area contributed by atoms with Crippen molar-refractivity contribution in [1.82, 2.24) is 0 Å². The van der Waals surface area contributed by atoms with Gasteiger partial charge in [-0.1, -0.05) is 6.07 Å². The van der Waals surface area contributed by atoms with Gasteiger partial charge in [-0.15, -0.1) is 0 Å². The number of aromatic carboxylic acids is 1. The molecule has 1 fully saturated rings. The summed E-state index contributed by atoms with van der Waals surface area (Å²) < 4.78 is 16.5. The van der Waals surface area contributed by atoms with Crippen LogP contribution in [0.15, 0.2) is 18.2 Å². The van der Waals surface area contributed by atoms with E-state index in [9.17, 15) is 9.90 Å². The van der Waals surface area contributed by atoms with Crippen LogP contribution in [0.5, 0.6) is 11.5 Å². The monoisotopic (exact) mass is 280 g/mol. The predicted octanol–water partition coefficient (Wildman–Crippen LogP) is 2.59. The molecule has 0 amide bonds. The van der Waals surface area contributed by atoms with Gasteiger partial charge in [0.15, 0.2) is 11.5 Å². The van der Waals surface area contributed by atoms with Crippen molar-refractivity contribution in [2.24, 2.45) is 5.92 Å². The van der Waals surface area contributed by atoms with Crippen molar-refractivity contribution in [3.8, 4) is 11.5 Å². The van der Waals surface area contributed by atoms with Crippen molar-refractivity contribution in [3.63, 3.8) is 0 Å². The van der Waals surface area contributed by atoms with Gasteiger partial charge in [0, 0.05) is 13.2 Å². The number of hydrogen-bond acceptors (Lipinski definition) is 4. The lowest BCUT2D eigenvalue weighted by atomic mass is 10.0. The molecular weight excluding hydrogens is 260 g/mol. The zero-order valence-corrected chi connectivity index (χ0v) is 11.6. The van der Waals surface area contributed by atoms with Crippen LogP contribution in [0.3, 0.4) is 0 Å². The molecule has 1 heterocycles. The number of benzene rings is 1. The molecule has 5 nitrogen and oxygen atoms in total. The Labute approximate surface area is 118 Å². The van der Waals surface area contributed by atoms with Crippen LogP contribution < -0.4 is 9.47 Å². The summed E-state index contributed by atoms with van der Waals surface area (Å²) in [6.07, 6.45) is 1.89. The van der Waals surface area contributed by atoms with Gasteiger partial charge in [0.05, 0.1) is 13.2 Å². The number of carbonyl (C=O) groups is 1. The highest BCUT2D eigenvalue weighted by atomic mass is 16.5. The minimum Gasteiger partial charge on any atom is -0.490 e. The summed E-state index contributed by atoms with van der Waals surface area (Å²) in [5.74, 6) is 0.210. The highest BCUT2D eigenvalue weighted by Crippen LogP contribution is 2.32. The normalized spacial score (nSPS) is 15.8. The lowest BCUT2D eigenvalue weighted by Gasteiger charge is -2.23. The molecule has 0 radical (unpaired) electrons. The van der Waals surface area contributed by atoms with Gasteiger partial charge in [-0.25, -0.2) is 4.79 Å². The Hall–Kier alpha value is -1.75. The second-order valence-corrected chi connectivity index (χ2v) is 4.74. The van der Waals surface area contributed by atoms with Crippen LogP contribution in [0.25, 0.3) is 0 Å². The van der Waals surface area contributed by atoms with E-state index in [2.05, 4.69) is 0 Å². The van der Waals surface area contributed by atoms with E-state index in [-0.39, 0.29) is 5.56 Å². The Bertz CT molecular complexity index is 452. The van der Waals surface area contributed by atoms with E-state index in [0.717, 1.165) is 26.1 Å². The number of ether oxygens (including phenoxy) is 3. The van der Waals surface area contributed by atoms with E-state index in [1.165, 1.54) is 6.07 Å². The van der Waals surface area contributed by atoms with E-state index in [1.807, 2.05) is 6.92 Å². The summed E-state index contributed by atoms with van der Waals surface area (Å²) in [5, 5.41) is 9.24. The summed E-state index contributed by atoms with van der Waals surface area (Å²) >= 11 is 0. The molecule has 0 aromatic heterocycles. The molecule has 0 bridgehead atoms. The summed E-state index contributed by atoms with van der Waals surface area (Å²) in [4.78, 5) is 11.3. The molecule has 1 N–H and O–H groups in total. The average molecular weight is 280 g/mol. The maximum Gasteiger partial charge on any atom is 0.339 e.